The summed E-state index contributed by atoms with van der Waals surface area (Å²) in [5.41, 5.74) is 3.21. The Hall–Kier alpha value is -3.20. The molecule has 141 valence electrons. The van der Waals surface area contributed by atoms with Crippen molar-refractivity contribution in [3.8, 4) is 0 Å². The van der Waals surface area contributed by atoms with Gasteiger partial charge in [-0.05, 0) is 29.5 Å². The minimum absolute atomic E-state index is 0.114. The van der Waals surface area contributed by atoms with Gasteiger partial charge in [0.25, 0.3) is 0 Å². The van der Waals surface area contributed by atoms with Crippen molar-refractivity contribution in [3.63, 3.8) is 0 Å². The topological polar surface area (TPSA) is 46.2 Å². The molecule has 0 bridgehead atoms. The largest absolute Gasteiger partial charge is 0.345 e. The van der Waals surface area contributed by atoms with Gasteiger partial charge < -0.3 is 5.32 Å². The average Bonchev–Trinajstić information content (AvgIpc) is 2.75. The van der Waals surface area contributed by atoms with Crippen LogP contribution in [-0.4, -0.2) is 18.2 Å². The molecule has 1 amide bonds. The number of benzene rings is 3. The summed E-state index contributed by atoms with van der Waals surface area (Å²) in [5, 5.41) is 2.89. The molecule has 3 aromatic carbocycles. The number of nitrogens with one attached hydrogen (secondary N) is 1. The van der Waals surface area contributed by atoms with Gasteiger partial charge in [0, 0.05) is 12.3 Å². The number of hydrogen-bond donors (Lipinski definition) is 1. The van der Waals surface area contributed by atoms with Gasteiger partial charge in [-0.15, -0.1) is 0 Å². The van der Waals surface area contributed by atoms with Crippen LogP contribution in [0.5, 0.6) is 0 Å². The minimum atomic E-state index is -0.649. The lowest BCUT2D eigenvalue weighted by molar-refractivity contribution is -0.125. The molecule has 0 aliphatic carbocycles. The van der Waals surface area contributed by atoms with Crippen molar-refractivity contribution in [2.24, 2.45) is 5.92 Å². The maximum Gasteiger partial charge on any atom is 0.224 e. The van der Waals surface area contributed by atoms with Gasteiger partial charge >= 0.3 is 0 Å². The molecular formula is C25H24NO2. The molecule has 0 aliphatic rings. The summed E-state index contributed by atoms with van der Waals surface area (Å²) < 4.78 is 0. The Morgan fingerprint density at radius 3 is 1.46 bits per heavy atom. The molecule has 1 radical (unpaired) electrons. The fourth-order valence-electron chi connectivity index (χ4n) is 3.32. The lowest BCUT2D eigenvalue weighted by atomic mass is 9.91. The fraction of sp³-hybridized carbons (Fsp3) is 0.200. The first kappa shape index (κ1) is 19.6. The number of hydrogen-bond acceptors (Lipinski definition) is 2. The SMILES string of the molecule is O=[C][C@H](Cc1ccccc1)NC(=O)C(Cc1ccccc1)Cc1ccccc1. The first-order valence-corrected chi connectivity index (χ1v) is 9.54. The Morgan fingerprint density at radius 1 is 0.679 bits per heavy atom. The molecule has 28 heavy (non-hydrogen) atoms. The molecule has 0 spiro atoms. The van der Waals surface area contributed by atoms with E-state index in [2.05, 4.69) is 5.32 Å². The molecule has 0 unspecified atom stereocenters. The Bertz CT molecular complexity index is 821. The van der Waals surface area contributed by atoms with E-state index in [1.54, 1.807) is 0 Å². The normalized spacial score (nSPS) is 11.8. The van der Waals surface area contributed by atoms with Gasteiger partial charge in [0.05, 0.1) is 6.04 Å². The maximum absolute atomic E-state index is 13.0. The van der Waals surface area contributed by atoms with Crippen molar-refractivity contribution >= 4 is 12.2 Å². The Morgan fingerprint density at radius 2 is 1.07 bits per heavy atom. The molecule has 3 aromatic rings. The van der Waals surface area contributed by atoms with Gasteiger partial charge in [0.1, 0.15) is 0 Å². The van der Waals surface area contributed by atoms with Crippen LogP contribution in [0.25, 0.3) is 0 Å². The van der Waals surface area contributed by atoms with Gasteiger partial charge in [0.2, 0.25) is 12.2 Å². The van der Waals surface area contributed by atoms with Crippen LogP contribution in [-0.2, 0) is 28.9 Å². The third kappa shape index (κ3) is 5.92. The first-order chi connectivity index (χ1) is 13.7. The van der Waals surface area contributed by atoms with Crippen LogP contribution in [0, 0.1) is 5.92 Å². The highest BCUT2D eigenvalue weighted by Gasteiger charge is 2.23. The second-order valence-corrected chi connectivity index (χ2v) is 6.95. The van der Waals surface area contributed by atoms with Crippen molar-refractivity contribution < 1.29 is 9.59 Å². The van der Waals surface area contributed by atoms with Crippen LogP contribution >= 0.6 is 0 Å². The highest BCUT2D eigenvalue weighted by Crippen LogP contribution is 2.16. The first-order valence-electron chi connectivity index (χ1n) is 9.54. The zero-order chi connectivity index (χ0) is 19.6. The van der Waals surface area contributed by atoms with E-state index in [4.69, 9.17) is 0 Å². The molecule has 0 heterocycles. The standard InChI is InChI=1S/C25H24NO2/c27-19-24(18-22-14-8-3-9-15-22)26-25(28)23(16-20-10-4-1-5-11-20)17-21-12-6-2-7-13-21/h1-15,23-24H,16-18H2,(H,26,28)/t24-/m0/s1. The van der Waals surface area contributed by atoms with E-state index in [0.29, 0.717) is 19.3 Å². The zero-order valence-electron chi connectivity index (χ0n) is 15.8. The molecule has 1 atom stereocenters. The lowest BCUT2D eigenvalue weighted by Crippen LogP contribution is -2.42. The van der Waals surface area contributed by atoms with Gasteiger partial charge in [0.15, 0.2) is 0 Å². The summed E-state index contributed by atoms with van der Waals surface area (Å²) in [5.74, 6) is -0.367. The van der Waals surface area contributed by atoms with Gasteiger partial charge in [-0.1, -0.05) is 91.0 Å². The molecular weight excluding hydrogens is 346 g/mol. The maximum atomic E-state index is 13.0. The lowest BCUT2D eigenvalue weighted by Gasteiger charge is -2.20. The van der Waals surface area contributed by atoms with E-state index in [-0.39, 0.29) is 11.8 Å². The summed E-state index contributed by atoms with van der Waals surface area (Å²) in [6.45, 7) is 0. The predicted octanol–water partition coefficient (Wildman–Crippen LogP) is 3.93. The fourth-order valence-corrected chi connectivity index (χ4v) is 3.32. The Labute approximate surface area is 166 Å². The molecule has 0 aromatic heterocycles. The van der Waals surface area contributed by atoms with E-state index in [0.717, 1.165) is 16.7 Å². The quantitative estimate of drug-likeness (QED) is 0.620. The van der Waals surface area contributed by atoms with Crippen LogP contribution < -0.4 is 5.32 Å². The van der Waals surface area contributed by atoms with E-state index < -0.39 is 6.04 Å². The number of rotatable bonds is 9. The second-order valence-electron chi connectivity index (χ2n) is 6.95. The van der Waals surface area contributed by atoms with Gasteiger partial charge in [-0.25, -0.2) is 0 Å². The van der Waals surface area contributed by atoms with Crippen molar-refractivity contribution in [1.29, 1.82) is 0 Å². The second kappa shape index (κ2) is 10.2. The third-order valence-electron chi connectivity index (χ3n) is 4.76. The van der Waals surface area contributed by atoms with Crippen molar-refractivity contribution in [2.75, 3.05) is 0 Å². The molecule has 0 aliphatic heterocycles. The van der Waals surface area contributed by atoms with E-state index in [9.17, 15) is 9.59 Å². The third-order valence-corrected chi connectivity index (χ3v) is 4.76. The summed E-state index contributed by atoms with van der Waals surface area (Å²) >= 11 is 0. The Kier molecular flexibility index (Phi) is 7.14. The molecule has 3 heteroatoms. The predicted molar refractivity (Wildman–Crippen MR) is 112 cm³/mol. The highest BCUT2D eigenvalue weighted by atomic mass is 16.2. The van der Waals surface area contributed by atoms with Crippen molar-refractivity contribution in [2.45, 2.75) is 25.3 Å². The van der Waals surface area contributed by atoms with E-state index in [1.165, 1.54) is 0 Å². The van der Waals surface area contributed by atoms with Crippen LogP contribution in [0.4, 0.5) is 0 Å². The van der Waals surface area contributed by atoms with Crippen molar-refractivity contribution in [1.82, 2.24) is 5.32 Å². The summed E-state index contributed by atoms with van der Waals surface area (Å²) in [6, 6.07) is 29.0. The van der Waals surface area contributed by atoms with E-state index >= 15 is 0 Å². The zero-order valence-corrected chi connectivity index (χ0v) is 15.8. The molecule has 1 N–H and O–H groups in total. The highest BCUT2D eigenvalue weighted by molar-refractivity contribution is 5.82. The smallest absolute Gasteiger partial charge is 0.224 e. The minimum Gasteiger partial charge on any atom is -0.345 e. The van der Waals surface area contributed by atoms with Gasteiger partial charge in [-0.3, -0.25) is 9.59 Å². The van der Waals surface area contributed by atoms with Crippen LogP contribution in [0.3, 0.4) is 0 Å². The number of amides is 1. The van der Waals surface area contributed by atoms with Crippen LogP contribution in [0.15, 0.2) is 91.0 Å². The van der Waals surface area contributed by atoms with Crippen LogP contribution in [0.2, 0.25) is 0 Å². The summed E-state index contributed by atoms with van der Waals surface area (Å²) in [4.78, 5) is 24.5. The Balaban J connectivity index is 1.71. The molecule has 3 rings (SSSR count). The number of carbonyl (C=O) groups is 1. The molecule has 0 saturated carbocycles. The van der Waals surface area contributed by atoms with Crippen molar-refractivity contribution in [3.05, 3.63) is 108 Å². The van der Waals surface area contributed by atoms with Gasteiger partial charge in [-0.2, -0.15) is 0 Å². The van der Waals surface area contributed by atoms with E-state index in [1.807, 2.05) is 97.3 Å². The number of carbonyl (C=O) groups excluding carboxylic acids is 2. The average molecular weight is 370 g/mol. The monoisotopic (exact) mass is 370 g/mol. The summed E-state index contributed by atoms with van der Waals surface area (Å²) in [7, 11) is 0. The molecule has 0 fully saturated rings. The molecule has 3 nitrogen and oxygen atoms in total. The van der Waals surface area contributed by atoms with Crippen LogP contribution in [0.1, 0.15) is 16.7 Å². The summed E-state index contributed by atoms with van der Waals surface area (Å²) in [6.07, 6.45) is 3.67. The molecule has 0 saturated heterocycles.